The summed E-state index contributed by atoms with van der Waals surface area (Å²) in [4.78, 5) is 22.7. The molecule has 0 aliphatic heterocycles. The number of aliphatic hydroxyl groups excluding tert-OH is 1. The van der Waals surface area contributed by atoms with Crippen LogP contribution in [-0.4, -0.2) is 36.7 Å². The van der Waals surface area contributed by atoms with Crippen LogP contribution in [0.15, 0.2) is 24.3 Å². The smallest absolute Gasteiger partial charge is 0.336 e. The number of nitrogens with two attached hydrogens (primary N) is 1. The van der Waals surface area contributed by atoms with Crippen LogP contribution >= 0.6 is 0 Å². The van der Waals surface area contributed by atoms with Crippen molar-refractivity contribution in [3.05, 3.63) is 29.8 Å². The second-order valence-corrected chi connectivity index (χ2v) is 4.61. The molecule has 1 amide bonds. The van der Waals surface area contributed by atoms with Gasteiger partial charge in [0.25, 0.3) is 0 Å². The van der Waals surface area contributed by atoms with Crippen LogP contribution in [0.2, 0.25) is 0 Å². The van der Waals surface area contributed by atoms with Crippen LogP contribution in [0.25, 0.3) is 0 Å². The molecule has 0 saturated carbocycles. The third kappa shape index (κ3) is 4.89. The highest BCUT2D eigenvalue weighted by molar-refractivity contribution is 5.79. The summed E-state index contributed by atoms with van der Waals surface area (Å²) in [6.07, 6.45) is -1.08. The summed E-state index contributed by atoms with van der Waals surface area (Å²) in [5.41, 5.74) is 7.28. The van der Waals surface area contributed by atoms with E-state index < -0.39 is 12.1 Å². The SMILES string of the molecule is COC(=O)C(O)CNC(=O)CC(C)c1ccc(N)cc1. The van der Waals surface area contributed by atoms with E-state index in [1.807, 2.05) is 19.1 Å². The van der Waals surface area contributed by atoms with E-state index in [9.17, 15) is 14.7 Å². The van der Waals surface area contributed by atoms with Gasteiger partial charge in [-0.15, -0.1) is 0 Å². The van der Waals surface area contributed by atoms with Crippen molar-refractivity contribution in [2.24, 2.45) is 0 Å². The molecule has 1 aromatic carbocycles. The maximum atomic E-state index is 11.7. The number of amides is 1. The number of esters is 1. The Balaban J connectivity index is 2.42. The highest BCUT2D eigenvalue weighted by Gasteiger charge is 2.17. The number of anilines is 1. The third-order valence-corrected chi connectivity index (χ3v) is 2.96. The van der Waals surface area contributed by atoms with Crippen LogP contribution in [0.5, 0.6) is 0 Å². The Morgan fingerprint density at radius 1 is 1.35 bits per heavy atom. The first-order valence-electron chi connectivity index (χ1n) is 6.32. The molecule has 0 saturated heterocycles. The predicted molar refractivity (Wildman–Crippen MR) is 74.9 cm³/mol. The molecule has 1 aromatic rings. The van der Waals surface area contributed by atoms with Gasteiger partial charge in [0.1, 0.15) is 0 Å². The molecule has 0 aliphatic rings. The Morgan fingerprint density at radius 3 is 2.50 bits per heavy atom. The van der Waals surface area contributed by atoms with Gasteiger partial charge in [0.15, 0.2) is 6.10 Å². The maximum absolute atomic E-state index is 11.7. The lowest BCUT2D eigenvalue weighted by molar-refractivity contribution is -0.150. The van der Waals surface area contributed by atoms with E-state index in [4.69, 9.17) is 5.73 Å². The van der Waals surface area contributed by atoms with Crippen molar-refractivity contribution >= 4 is 17.6 Å². The lowest BCUT2D eigenvalue weighted by atomic mass is 9.97. The van der Waals surface area contributed by atoms with E-state index in [1.165, 1.54) is 7.11 Å². The molecule has 4 N–H and O–H groups in total. The second kappa shape index (κ2) is 7.49. The maximum Gasteiger partial charge on any atom is 0.336 e. The molecule has 0 bridgehead atoms. The number of benzene rings is 1. The van der Waals surface area contributed by atoms with Gasteiger partial charge in [0.05, 0.1) is 13.7 Å². The summed E-state index contributed by atoms with van der Waals surface area (Å²) in [6.45, 7) is 1.77. The summed E-state index contributed by atoms with van der Waals surface area (Å²) in [5, 5.41) is 11.8. The monoisotopic (exact) mass is 280 g/mol. The number of nitrogen functional groups attached to an aromatic ring is 1. The summed E-state index contributed by atoms with van der Waals surface area (Å²) >= 11 is 0. The average Bonchev–Trinajstić information content (AvgIpc) is 2.44. The van der Waals surface area contributed by atoms with Crippen LogP contribution in [0, 0.1) is 0 Å². The van der Waals surface area contributed by atoms with E-state index >= 15 is 0 Å². The Morgan fingerprint density at radius 2 is 1.95 bits per heavy atom. The quantitative estimate of drug-likeness (QED) is 0.517. The van der Waals surface area contributed by atoms with Gasteiger partial charge in [-0.2, -0.15) is 0 Å². The van der Waals surface area contributed by atoms with Gasteiger partial charge in [-0.3, -0.25) is 4.79 Å². The molecule has 2 atom stereocenters. The Labute approximate surface area is 117 Å². The molecule has 0 radical (unpaired) electrons. The molecular formula is C14H20N2O4. The lowest BCUT2D eigenvalue weighted by Gasteiger charge is -2.13. The fourth-order valence-corrected chi connectivity index (χ4v) is 1.72. The van der Waals surface area contributed by atoms with Crippen molar-refractivity contribution in [1.29, 1.82) is 0 Å². The zero-order valence-electron chi connectivity index (χ0n) is 11.6. The average molecular weight is 280 g/mol. The lowest BCUT2D eigenvalue weighted by Crippen LogP contribution is -2.37. The van der Waals surface area contributed by atoms with Crippen molar-refractivity contribution in [1.82, 2.24) is 5.32 Å². The number of hydrogen-bond donors (Lipinski definition) is 3. The van der Waals surface area contributed by atoms with E-state index in [1.54, 1.807) is 12.1 Å². The molecule has 110 valence electrons. The van der Waals surface area contributed by atoms with Crippen molar-refractivity contribution < 1.29 is 19.4 Å². The zero-order chi connectivity index (χ0) is 15.1. The number of hydrogen-bond acceptors (Lipinski definition) is 5. The molecule has 1 rings (SSSR count). The molecule has 0 aliphatic carbocycles. The van der Waals surface area contributed by atoms with Crippen molar-refractivity contribution in [3.63, 3.8) is 0 Å². The molecular weight excluding hydrogens is 260 g/mol. The summed E-state index contributed by atoms with van der Waals surface area (Å²) in [7, 11) is 1.18. The minimum Gasteiger partial charge on any atom is -0.467 e. The zero-order valence-corrected chi connectivity index (χ0v) is 11.6. The summed E-state index contributed by atoms with van der Waals surface area (Å²) in [5.74, 6) is -0.986. The molecule has 6 nitrogen and oxygen atoms in total. The molecule has 0 spiro atoms. The third-order valence-electron chi connectivity index (χ3n) is 2.96. The fraction of sp³-hybridized carbons (Fsp3) is 0.429. The van der Waals surface area contributed by atoms with Crippen molar-refractivity contribution in [2.75, 3.05) is 19.4 Å². The van der Waals surface area contributed by atoms with Gasteiger partial charge < -0.3 is 20.9 Å². The number of carbonyl (C=O) groups is 2. The van der Waals surface area contributed by atoms with Gasteiger partial charge in [-0.05, 0) is 23.6 Å². The van der Waals surface area contributed by atoms with E-state index in [2.05, 4.69) is 10.1 Å². The first-order valence-corrected chi connectivity index (χ1v) is 6.32. The van der Waals surface area contributed by atoms with Crippen LogP contribution < -0.4 is 11.1 Å². The van der Waals surface area contributed by atoms with Crippen molar-refractivity contribution in [3.8, 4) is 0 Å². The molecule has 6 heteroatoms. The number of carbonyl (C=O) groups excluding carboxylic acids is 2. The fourth-order valence-electron chi connectivity index (χ4n) is 1.72. The van der Waals surface area contributed by atoms with Crippen LogP contribution in [0.4, 0.5) is 5.69 Å². The van der Waals surface area contributed by atoms with E-state index in [0.29, 0.717) is 5.69 Å². The standard InChI is InChI=1S/C14H20N2O4/c1-9(10-3-5-11(15)6-4-10)7-13(18)16-8-12(17)14(19)20-2/h3-6,9,12,17H,7-8,15H2,1-2H3,(H,16,18). The van der Waals surface area contributed by atoms with Gasteiger partial charge in [0.2, 0.25) is 5.91 Å². The molecule has 20 heavy (non-hydrogen) atoms. The van der Waals surface area contributed by atoms with Gasteiger partial charge in [0, 0.05) is 12.1 Å². The van der Waals surface area contributed by atoms with E-state index in [-0.39, 0.29) is 24.8 Å². The Bertz CT molecular complexity index is 459. The highest BCUT2D eigenvalue weighted by atomic mass is 16.5. The normalized spacial score (nSPS) is 13.3. The first-order chi connectivity index (χ1) is 9.43. The van der Waals surface area contributed by atoms with Gasteiger partial charge >= 0.3 is 5.97 Å². The van der Waals surface area contributed by atoms with Gasteiger partial charge in [-0.25, -0.2) is 4.79 Å². The number of ether oxygens (including phenoxy) is 1. The molecule has 0 heterocycles. The summed E-state index contributed by atoms with van der Waals surface area (Å²) in [6, 6.07) is 7.31. The van der Waals surface area contributed by atoms with Crippen LogP contribution in [-0.2, 0) is 14.3 Å². The molecule has 0 aromatic heterocycles. The number of nitrogens with one attached hydrogen (secondary N) is 1. The topological polar surface area (TPSA) is 102 Å². The Kier molecular flexibility index (Phi) is 5.99. The van der Waals surface area contributed by atoms with Crippen LogP contribution in [0.1, 0.15) is 24.8 Å². The summed E-state index contributed by atoms with van der Waals surface area (Å²) < 4.78 is 4.35. The van der Waals surface area contributed by atoms with Crippen molar-refractivity contribution in [2.45, 2.75) is 25.4 Å². The Hall–Kier alpha value is -2.08. The minimum absolute atomic E-state index is 0.0193. The first kappa shape index (κ1) is 16.0. The van der Waals surface area contributed by atoms with E-state index in [0.717, 1.165) is 5.56 Å². The number of aliphatic hydroxyl groups is 1. The molecule has 0 fully saturated rings. The largest absolute Gasteiger partial charge is 0.467 e. The number of rotatable bonds is 6. The van der Waals surface area contributed by atoms with Crippen LogP contribution in [0.3, 0.4) is 0 Å². The highest BCUT2D eigenvalue weighted by Crippen LogP contribution is 2.19. The van der Waals surface area contributed by atoms with Gasteiger partial charge in [-0.1, -0.05) is 19.1 Å². The molecule has 2 unspecified atom stereocenters. The number of methoxy groups -OCH3 is 1. The predicted octanol–water partition coefficient (Wildman–Crippen LogP) is 0.412. The second-order valence-electron chi connectivity index (χ2n) is 4.61. The minimum atomic E-state index is -1.34.